The first kappa shape index (κ1) is 19.0. The molecule has 23 heavy (non-hydrogen) atoms. The second kappa shape index (κ2) is 8.54. The number of hydrogen-bond acceptors (Lipinski definition) is 4. The standard InChI is InChI=1S/C18H26N2O3/c1-6-9-23-18(4,11-13(2)3)17(21)20-16-8-7-15(22-5)10-14(16)12-19/h7-8,10,13H,6,9,11H2,1-5H3,(H,20,21). The Bertz CT molecular complexity index is 578. The zero-order chi connectivity index (χ0) is 17.5. The van der Waals surface area contributed by atoms with Crippen LogP contribution < -0.4 is 10.1 Å². The number of benzene rings is 1. The van der Waals surface area contributed by atoms with Crippen LogP contribution in [0.2, 0.25) is 0 Å². The predicted octanol–water partition coefficient (Wildman–Crippen LogP) is 3.74. The van der Waals surface area contributed by atoms with Crippen LogP contribution >= 0.6 is 0 Å². The van der Waals surface area contributed by atoms with Crippen molar-refractivity contribution in [2.24, 2.45) is 5.92 Å². The third kappa shape index (κ3) is 5.26. The van der Waals surface area contributed by atoms with E-state index in [1.807, 2.05) is 6.92 Å². The molecule has 0 saturated heterocycles. The quantitative estimate of drug-likeness (QED) is 0.792. The van der Waals surface area contributed by atoms with Crippen molar-refractivity contribution in [3.8, 4) is 11.8 Å². The largest absolute Gasteiger partial charge is 0.497 e. The molecule has 0 radical (unpaired) electrons. The number of methoxy groups -OCH3 is 1. The summed E-state index contributed by atoms with van der Waals surface area (Å²) in [6.07, 6.45) is 1.45. The summed E-state index contributed by atoms with van der Waals surface area (Å²) in [6, 6.07) is 7.06. The van der Waals surface area contributed by atoms with Crippen LogP contribution in [0.4, 0.5) is 5.69 Å². The molecule has 0 bridgehead atoms. The minimum atomic E-state index is -0.920. The van der Waals surface area contributed by atoms with Crippen molar-refractivity contribution in [2.45, 2.75) is 46.1 Å². The maximum Gasteiger partial charge on any atom is 0.256 e. The first-order valence-electron chi connectivity index (χ1n) is 7.89. The number of rotatable bonds is 8. The van der Waals surface area contributed by atoms with Crippen LogP contribution in [-0.2, 0) is 9.53 Å². The molecule has 1 rings (SSSR count). The molecule has 5 heteroatoms. The minimum Gasteiger partial charge on any atom is -0.497 e. The fraction of sp³-hybridized carbons (Fsp3) is 0.556. The van der Waals surface area contributed by atoms with Gasteiger partial charge in [0.1, 0.15) is 17.4 Å². The summed E-state index contributed by atoms with van der Waals surface area (Å²) in [4.78, 5) is 12.7. The Morgan fingerprint density at radius 1 is 1.43 bits per heavy atom. The molecule has 0 aliphatic rings. The number of hydrogen-bond donors (Lipinski definition) is 1. The predicted molar refractivity (Wildman–Crippen MR) is 90.4 cm³/mol. The summed E-state index contributed by atoms with van der Waals surface area (Å²) < 4.78 is 10.9. The van der Waals surface area contributed by atoms with E-state index in [0.717, 1.165) is 6.42 Å². The van der Waals surface area contributed by atoms with Crippen molar-refractivity contribution >= 4 is 11.6 Å². The Hall–Kier alpha value is -2.06. The lowest BCUT2D eigenvalue weighted by Gasteiger charge is -2.30. The molecule has 126 valence electrons. The monoisotopic (exact) mass is 318 g/mol. The molecule has 0 fully saturated rings. The van der Waals surface area contributed by atoms with Gasteiger partial charge in [-0.2, -0.15) is 5.26 Å². The molecule has 0 aromatic heterocycles. The van der Waals surface area contributed by atoms with E-state index in [1.165, 1.54) is 7.11 Å². The second-order valence-corrected chi connectivity index (χ2v) is 6.15. The lowest BCUT2D eigenvalue weighted by molar-refractivity contribution is -0.141. The highest BCUT2D eigenvalue weighted by atomic mass is 16.5. The van der Waals surface area contributed by atoms with E-state index in [-0.39, 0.29) is 5.91 Å². The fourth-order valence-electron chi connectivity index (χ4n) is 2.43. The lowest BCUT2D eigenvalue weighted by atomic mass is 9.92. The van der Waals surface area contributed by atoms with Gasteiger partial charge in [0.25, 0.3) is 5.91 Å². The molecule has 1 aromatic rings. The Morgan fingerprint density at radius 3 is 2.65 bits per heavy atom. The SMILES string of the molecule is CCCOC(C)(CC(C)C)C(=O)Nc1ccc(OC)cc1C#N. The van der Waals surface area contributed by atoms with E-state index in [1.54, 1.807) is 25.1 Å². The van der Waals surface area contributed by atoms with E-state index in [0.29, 0.717) is 35.9 Å². The Morgan fingerprint density at radius 2 is 2.13 bits per heavy atom. The van der Waals surface area contributed by atoms with Crippen molar-refractivity contribution < 1.29 is 14.3 Å². The average Bonchev–Trinajstić information content (AvgIpc) is 2.52. The maximum atomic E-state index is 12.7. The van der Waals surface area contributed by atoms with Crippen LogP contribution in [-0.4, -0.2) is 25.2 Å². The summed E-state index contributed by atoms with van der Waals surface area (Å²) in [5.41, 5.74) is -0.0925. The molecule has 1 amide bonds. The van der Waals surface area contributed by atoms with Gasteiger partial charge in [-0.3, -0.25) is 4.79 Å². The van der Waals surface area contributed by atoms with Gasteiger partial charge in [0.05, 0.1) is 18.4 Å². The first-order valence-corrected chi connectivity index (χ1v) is 7.89. The van der Waals surface area contributed by atoms with Gasteiger partial charge >= 0.3 is 0 Å². The molecule has 1 aromatic carbocycles. The number of ether oxygens (including phenoxy) is 2. The minimum absolute atomic E-state index is 0.235. The van der Waals surface area contributed by atoms with Gasteiger partial charge in [-0.15, -0.1) is 0 Å². The van der Waals surface area contributed by atoms with Crippen LogP contribution in [0.3, 0.4) is 0 Å². The van der Waals surface area contributed by atoms with E-state index >= 15 is 0 Å². The highest BCUT2D eigenvalue weighted by Gasteiger charge is 2.35. The molecule has 1 N–H and O–H groups in total. The molecular weight excluding hydrogens is 292 g/mol. The van der Waals surface area contributed by atoms with Gasteiger partial charge in [0.15, 0.2) is 0 Å². The smallest absolute Gasteiger partial charge is 0.256 e. The van der Waals surface area contributed by atoms with Gasteiger partial charge < -0.3 is 14.8 Å². The molecule has 0 saturated carbocycles. The van der Waals surface area contributed by atoms with Crippen LogP contribution in [0.5, 0.6) is 5.75 Å². The highest BCUT2D eigenvalue weighted by Crippen LogP contribution is 2.26. The first-order chi connectivity index (χ1) is 10.9. The number of nitrogens with one attached hydrogen (secondary N) is 1. The van der Waals surface area contributed by atoms with Crippen LogP contribution in [0.25, 0.3) is 0 Å². The topological polar surface area (TPSA) is 71.3 Å². The van der Waals surface area contributed by atoms with Gasteiger partial charge in [-0.1, -0.05) is 20.8 Å². The van der Waals surface area contributed by atoms with Gasteiger partial charge in [0.2, 0.25) is 0 Å². The Kier molecular flexibility index (Phi) is 7.05. The van der Waals surface area contributed by atoms with E-state index in [4.69, 9.17) is 9.47 Å². The second-order valence-electron chi connectivity index (χ2n) is 6.15. The van der Waals surface area contributed by atoms with E-state index in [2.05, 4.69) is 25.2 Å². The molecular formula is C18H26N2O3. The van der Waals surface area contributed by atoms with Crippen LogP contribution in [0, 0.1) is 17.2 Å². The highest BCUT2D eigenvalue weighted by molar-refractivity contribution is 5.98. The van der Waals surface area contributed by atoms with Crippen molar-refractivity contribution in [3.05, 3.63) is 23.8 Å². The summed E-state index contributed by atoms with van der Waals surface area (Å²) in [7, 11) is 1.53. The number of carbonyl (C=O) groups is 1. The van der Waals surface area contributed by atoms with Crippen molar-refractivity contribution in [3.63, 3.8) is 0 Å². The third-order valence-electron chi connectivity index (χ3n) is 3.50. The molecule has 1 atom stereocenters. The number of amides is 1. The van der Waals surface area contributed by atoms with Gasteiger partial charge in [0, 0.05) is 6.61 Å². The van der Waals surface area contributed by atoms with Gasteiger partial charge in [-0.05, 0) is 43.9 Å². The molecule has 0 heterocycles. The Balaban J connectivity index is 3.00. The third-order valence-corrected chi connectivity index (χ3v) is 3.50. The molecule has 5 nitrogen and oxygen atoms in total. The number of nitriles is 1. The van der Waals surface area contributed by atoms with Crippen molar-refractivity contribution in [1.82, 2.24) is 0 Å². The van der Waals surface area contributed by atoms with Crippen LogP contribution in [0.1, 0.15) is 46.1 Å². The number of carbonyl (C=O) groups excluding carboxylic acids is 1. The molecule has 0 spiro atoms. The lowest BCUT2D eigenvalue weighted by Crippen LogP contribution is -2.44. The fourth-order valence-corrected chi connectivity index (χ4v) is 2.43. The Labute approximate surface area is 138 Å². The number of anilines is 1. The summed E-state index contributed by atoms with van der Waals surface area (Å²) in [5, 5.41) is 12.1. The molecule has 1 unspecified atom stereocenters. The average molecular weight is 318 g/mol. The van der Waals surface area contributed by atoms with Crippen molar-refractivity contribution in [2.75, 3.05) is 19.0 Å². The zero-order valence-corrected chi connectivity index (χ0v) is 14.6. The summed E-state index contributed by atoms with van der Waals surface area (Å²) in [6.45, 7) is 8.42. The maximum absolute atomic E-state index is 12.7. The normalized spacial score (nSPS) is 13.3. The number of nitrogens with zero attached hydrogens (tertiary/aromatic N) is 1. The zero-order valence-electron chi connectivity index (χ0n) is 14.6. The van der Waals surface area contributed by atoms with Crippen molar-refractivity contribution in [1.29, 1.82) is 5.26 Å². The van der Waals surface area contributed by atoms with Crippen LogP contribution in [0.15, 0.2) is 18.2 Å². The van der Waals surface area contributed by atoms with E-state index in [9.17, 15) is 10.1 Å². The van der Waals surface area contributed by atoms with Gasteiger partial charge in [-0.25, -0.2) is 0 Å². The van der Waals surface area contributed by atoms with E-state index < -0.39 is 5.60 Å². The summed E-state index contributed by atoms with van der Waals surface area (Å²) in [5.74, 6) is 0.655. The molecule has 0 aliphatic carbocycles. The molecule has 0 aliphatic heterocycles. The summed E-state index contributed by atoms with van der Waals surface area (Å²) >= 11 is 0.